The lowest BCUT2D eigenvalue weighted by molar-refractivity contribution is -0.143. The Labute approximate surface area is 163 Å². The molecule has 152 valence electrons. The van der Waals surface area contributed by atoms with Gasteiger partial charge in [0, 0.05) is 24.9 Å². The lowest BCUT2D eigenvalue weighted by atomic mass is 10.1. The van der Waals surface area contributed by atoms with Crippen LogP contribution < -0.4 is 10.1 Å². The highest BCUT2D eigenvalue weighted by Gasteiger charge is 2.08. The van der Waals surface area contributed by atoms with Crippen molar-refractivity contribution in [2.24, 2.45) is 0 Å². The number of hydrogen-bond donors (Lipinski definition) is 1. The molecule has 0 fully saturated rings. The summed E-state index contributed by atoms with van der Waals surface area (Å²) in [7, 11) is 1.61. The first-order valence-electron chi connectivity index (χ1n) is 10.2. The van der Waals surface area contributed by atoms with E-state index < -0.39 is 0 Å². The first kappa shape index (κ1) is 23.0. The SMILES string of the molecule is CCCCCCCCCOC(=O)CCCC(=O)NCc1ccccc1OC. The molecule has 0 unspecified atom stereocenters. The molecule has 0 saturated heterocycles. The number of ether oxygens (including phenoxy) is 2. The third kappa shape index (κ3) is 11.3. The van der Waals surface area contributed by atoms with E-state index in [1.54, 1.807) is 7.11 Å². The molecular formula is C22H35NO4. The van der Waals surface area contributed by atoms with E-state index in [0.29, 0.717) is 32.4 Å². The second kappa shape index (κ2) is 15.1. The fourth-order valence-corrected chi connectivity index (χ4v) is 2.84. The fourth-order valence-electron chi connectivity index (χ4n) is 2.84. The summed E-state index contributed by atoms with van der Waals surface area (Å²) in [6.45, 7) is 3.13. The minimum atomic E-state index is -0.210. The van der Waals surface area contributed by atoms with Gasteiger partial charge in [-0.15, -0.1) is 0 Å². The molecule has 0 spiro atoms. The molecule has 0 atom stereocenters. The first-order chi connectivity index (χ1) is 13.2. The van der Waals surface area contributed by atoms with Crippen molar-refractivity contribution in [1.82, 2.24) is 5.32 Å². The zero-order valence-electron chi connectivity index (χ0n) is 16.9. The quantitative estimate of drug-likeness (QED) is 0.353. The maximum absolute atomic E-state index is 11.9. The van der Waals surface area contributed by atoms with Crippen LogP contribution >= 0.6 is 0 Å². The number of nitrogens with one attached hydrogen (secondary N) is 1. The van der Waals surface area contributed by atoms with E-state index in [4.69, 9.17) is 9.47 Å². The van der Waals surface area contributed by atoms with Gasteiger partial charge in [-0.1, -0.05) is 63.6 Å². The molecule has 27 heavy (non-hydrogen) atoms. The third-order valence-corrected chi connectivity index (χ3v) is 4.46. The summed E-state index contributed by atoms with van der Waals surface area (Å²) >= 11 is 0. The van der Waals surface area contributed by atoms with Crippen LogP contribution in [0.2, 0.25) is 0 Å². The van der Waals surface area contributed by atoms with Gasteiger partial charge >= 0.3 is 5.97 Å². The standard InChI is InChI=1S/C22H35NO4/c1-3-4-5-6-7-8-11-17-27-22(25)16-12-15-21(24)23-18-19-13-9-10-14-20(19)26-2/h9-10,13-14H,3-8,11-12,15-18H2,1-2H3,(H,23,24). The van der Waals surface area contributed by atoms with Gasteiger partial charge in [-0.25, -0.2) is 0 Å². The molecule has 1 rings (SSSR count). The molecule has 0 aliphatic heterocycles. The van der Waals surface area contributed by atoms with Gasteiger partial charge in [-0.05, 0) is 18.9 Å². The number of esters is 1. The molecule has 1 aromatic carbocycles. The Bertz CT molecular complexity index is 545. The van der Waals surface area contributed by atoms with Gasteiger partial charge in [0.25, 0.3) is 0 Å². The molecule has 0 saturated carbocycles. The monoisotopic (exact) mass is 377 g/mol. The average molecular weight is 378 g/mol. The van der Waals surface area contributed by atoms with Crippen LogP contribution in [-0.2, 0) is 20.9 Å². The van der Waals surface area contributed by atoms with Crippen molar-refractivity contribution in [3.8, 4) is 5.75 Å². The van der Waals surface area contributed by atoms with Crippen molar-refractivity contribution in [3.63, 3.8) is 0 Å². The molecule has 0 aliphatic carbocycles. The van der Waals surface area contributed by atoms with Gasteiger partial charge in [-0.2, -0.15) is 0 Å². The fraction of sp³-hybridized carbons (Fsp3) is 0.636. The number of hydrogen-bond acceptors (Lipinski definition) is 4. The number of rotatable bonds is 15. The van der Waals surface area contributed by atoms with Gasteiger partial charge in [0.1, 0.15) is 5.75 Å². The topological polar surface area (TPSA) is 64.6 Å². The van der Waals surface area contributed by atoms with Crippen molar-refractivity contribution < 1.29 is 19.1 Å². The summed E-state index contributed by atoms with van der Waals surface area (Å²) < 4.78 is 10.5. The van der Waals surface area contributed by atoms with Gasteiger partial charge in [0.2, 0.25) is 5.91 Å². The Hall–Kier alpha value is -2.04. The molecular weight excluding hydrogens is 342 g/mol. The number of para-hydroxylation sites is 1. The maximum atomic E-state index is 11.9. The van der Waals surface area contributed by atoms with Crippen LogP contribution in [0.5, 0.6) is 5.75 Å². The summed E-state index contributed by atoms with van der Waals surface area (Å²) in [5.41, 5.74) is 0.933. The van der Waals surface area contributed by atoms with Crippen LogP contribution in [0, 0.1) is 0 Å². The largest absolute Gasteiger partial charge is 0.496 e. The Morgan fingerprint density at radius 1 is 0.926 bits per heavy atom. The second-order valence-electron chi connectivity index (χ2n) is 6.78. The Kier molecular flexibility index (Phi) is 12.8. The van der Waals surface area contributed by atoms with Crippen molar-refractivity contribution in [3.05, 3.63) is 29.8 Å². The Morgan fingerprint density at radius 2 is 1.63 bits per heavy atom. The van der Waals surface area contributed by atoms with Crippen LogP contribution in [-0.4, -0.2) is 25.6 Å². The number of carbonyl (C=O) groups excluding carboxylic acids is 2. The van der Waals surface area contributed by atoms with E-state index in [9.17, 15) is 9.59 Å². The number of methoxy groups -OCH3 is 1. The normalized spacial score (nSPS) is 10.4. The highest BCUT2D eigenvalue weighted by molar-refractivity contribution is 5.77. The molecule has 5 heteroatoms. The predicted octanol–water partition coefficient (Wildman–Crippen LogP) is 4.78. The van der Waals surface area contributed by atoms with E-state index in [2.05, 4.69) is 12.2 Å². The van der Waals surface area contributed by atoms with E-state index in [0.717, 1.165) is 24.2 Å². The number of amides is 1. The summed E-state index contributed by atoms with van der Waals surface area (Å²) in [4.78, 5) is 23.6. The zero-order valence-corrected chi connectivity index (χ0v) is 16.9. The van der Waals surface area contributed by atoms with Gasteiger partial charge in [0.05, 0.1) is 13.7 Å². The van der Waals surface area contributed by atoms with Crippen molar-refractivity contribution in [1.29, 1.82) is 0 Å². The number of unbranched alkanes of at least 4 members (excludes halogenated alkanes) is 6. The van der Waals surface area contributed by atoms with Crippen molar-refractivity contribution >= 4 is 11.9 Å². The molecule has 1 N–H and O–H groups in total. The molecule has 0 bridgehead atoms. The average Bonchev–Trinajstić information content (AvgIpc) is 2.68. The minimum absolute atomic E-state index is 0.0687. The van der Waals surface area contributed by atoms with E-state index in [-0.39, 0.29) is 11.9 Å². The summed E-state index contributed by atoms with van der Waals surface area (Å²) in [6.07, 6.45) is 9.51. The van der Waals surface area contributed by atoms with Crippen LogP contribution in [0.1, 0.15) is 76.7 Å². The highest BCUT2D eigenvalue weighted by Crippen LogP contribution is 2.16. The van der Waals surface area contributed by atoms with E-state index in [1.807, 2.05) is 24.3 Å². The van der Waals surface area contributed by atoms with Gasteiger partial charge in [0.15, 0.2) is 0 Å². The van der Waals surface area contributed by atoms with Gasteiger partial charge in [-0.3, -0.25) is 9.59 Å². The Balaban J connectivity index is 2.02. The number of carbonyl (C=O) groups is 2. The lowest BCUT2D eigenvalue weighted by Gasteiger charge is -2.09. The van der Waals surface area contributed by atoms with Crippen LogP contribution in [0.15, 0.2) is 24.3 Å². The third-order valence-electron chi connectivity index (χ3n) is 4.46. The van der Waals surface area contributed by atoms with Crippen LogP contribution in [0.3, 0.4) is 0 Å². The smallest absolute Gasteiger partial charge is 0.305 e. The molecule has 5 nitrogen and oxygen atoms in total. The summed E-state index contributed by atoms with van der Waals surface area (Å²) in [5.74, 6) is 0.478. The molecule has 0 aromatic heterocycles. The summed E-state index contributed by atoms with van der Waals surface area (Å²) in [5, 5.41) is 2.86. The lowest BCUT2D eigenvalue weighted by Crippen LogP contribution is -2.23. The molecule has 1 amide bonds. The number of benzene rings is 1. The predicted molar refractivity (Wildman–Crippen MR) is 108 cm³/mol. The first-order valence-corrected chi connectivity index (χ1v) is 10.2. The summed E-state index contributed by atoms with van der Waals surface area (Å²) in [6, 6.07) is 7.58. The molecule has 0 radical (unpaired) electrons. The van der Waals surface area contributed by atoms with E-state index in [1.165, 1.54) is 32.1 Å². The molecule has 0 aliphatic rings. The van der Waals surface area contributed by atoms with E-state index >= 15 is 0 Å². The zero-order chi connectivity index (χ0) is 19.7. The van der Waals surface area contributed by atoms with Gasteiger partial charge < -0.3 is 14.8 Å². The Morgan fingerprint density at radius 3 is 2.37 bits per heavy atom. The second-order valence-corrected chi connectivity index (χ2v) is 6.78. The van der Waals surface area contributed by atoms with Crippen LogP contribution in [0.4, 0.5) is 0 Å². The van der Waals surface area contributed by atoms with Crippen molar-refractivity contribution in [2.75, 3.05) is 13.7 Å². The highest BCUT2D eigenvalue weighted by atomic mass is 16.5. The molecule has 0 heterocycles. The van der Waals surface area contributed by atoms with Crippen molar-refractivity contribution in [2.45, 2.75) is 77.7 Å². The van der Waals surface area contributed by atoms with Crippen LogP contribution in [0.25, 0.3) is 0 Å². The maximum Gasteiger partial charge on any atom is 0.305 e. The molecule has 1 aromatic rings. The minimum Gasteiger partial charge on any atom is -0.496 e.